The third-order valence-corrected chi connectivity index (χ3v) is 4.45. The maximum absolute atomic E-state index is 14.0. The molecule has 21 heavy (non-hydrogen) atoms. The molecule has 0 radical (unpaired) electrons. The molecule has 0 saturated carbocycles. The lowest BCUT2D eigenvalue weighted by molar-refractivity contribution is 0.627. The summed E-state index contributed by atoms with van der Waals surface area (Å²) in [6, 6.07) is 8.34. The number of halogens is 2. The molecule has 0 fully saturated rings. The van der Waals surface area contributed by atoms with Crippen molar-refractivity contribution >= 4 is 28.6 Å². The lowest BCUT2D eigenvalue weighted by Crippen LogP contribution is -2.16. The fourth-order valence-electron chi connectivity index (χ4n) is 2.15. The van der Waals surface area contributed by atoms with Gasteiger partial charge in [0.15, 0.2) is 0 Å². The Morgan fingerprint density at radius 2 is 2.19 bits per heavy atom. The van der Waals surface area contributed by atoms with Gasteiger partial charge >= 0.3 is 0 Å². The Balaban J connectivity index is 2.03. The third-order valence-electron chi connectivity index (χ3n) is 3.20. The number of hydrogen-bond donors (Lipinski definition) is 1. The van der Waals surface area contributed by atoms with E-state index < -0.39 is 0 Å². The number of imidazole rings is 1. The molecule has 0 saturated heterocycles. The van der Waals surface area contributed by atoms with Gasteiger partial charge in [0.25, 0.3) is 0 Å². The summed E-state index contributed by atoms with van der Waals surface area (Å²) in [5.74, 6) is 0.426. The molecule has 2 aromatic heterocycles. The Bertz CT molecular complexity index is 719. The molecule has 0 spiro atoms. The predicted octanol–water partition coefficient (Wildman–Crippen LogP) is 4.48. The van der Waals surface area contributed by atoms with Crippen LogP contribution in [0.25, 0.3) is 0 Å². The molecule has 1 unspecified atom stereocenters. The van der Waals surface area contributed by atoms with Crippen LogP contribution in [0.5, 0.6) is 0 Å². The quantitative estimate of drug-likeness (QED) is 0.768. The SMILES string of the molecule is Cn1ccnc1C(Nc1c(F)cccc1Cl)c1cccs1. The van der Waals surface area contributed by atoms with Gasteiger partial charge in [0.05, 0.1) is 10.7 Å². The standard InChI is InChI=1S/C15H13ClFN3S/c1-20-8-7-18-15(20)14(12-6-3-9-21-12)19-13-10(16)4-2-5-11(13)17/h2-9,14,19H,1H3. The van der Waals surface area contributed by atoms with Crippen LogP contribution in [0, 0.1) is 5.82 Å². The molecule has 0 aliphatic carbocycles. The molecule has 1 aromatic carbocycles. The van der Waals surface area contributed by atoms with Crippen LogP contribution in [-0.4, -0.2) is 9.55 Å². The highest BCUT2D eigenvalue weighted by Gasteiger charge is 2.21. The highest BCUT2D eigenvalue weighted by atomic mass is 35.5. The summed E-state index contributed by atoms with van der Waals surface area (Å²) in [5, 5.41) is 5.52. The van der Waals surface area contributed by atoms with Gasteiger partial charge in [-0.3, -0.25) is 0 Å². The number of para-hydroxylation sites is 1. The fourth-order valence-corrected chi connectivity index (χ4v) is 3.14. The monoisotopic (exact) mass is 321 g/mol. The highest BCUT2D eigenvalue weighted by Crippen LogP contribution is 2.33. The molecule has 2 heterocycles. The summed E-state index contributed by atoms with van der Waals surface area (Å²) in [6.07, 6.45) is 3.58. The normalized spacial score (nSPS) is 12.3. The van der Waals surface area contributed by atoms with Crippen molar-refractivity contribution in [2.45, 2.75) is 6.04 Å². The van der Waals surface area contributed by atoms with E-state index in [0.717, 1.165) is 10.7 Å². The molecule has 6 heteroatoms. The average molecular weight is 322 g/mol. The Labute approximate surface area is 131 Å². The van der Waals surface area contributed by atoms with Crippen LogP contribution in [0.4, 0.5) is 10.1 Å². The number of thiophene rings is 1. The van der Waals surface area contributed by atoms with E-state index in [0.29, 0.717) is 10.7 Å². The lowest BCUT2D eigenvalue weighted by atomic mass is 10.2. The van der Waals surface area contributed by atoms with Gasteiger partial charge in [-0.05, 0) is 23.6 Å². The summed E-state index contributed by atoms with van der Waals surface area (Å²) in [5.41, 5.74) is 0.292. The van der Waals surface area contributed by atoms with Crippen molar-refractivity contribution in [3.8, 4) is 0 Å². The molecule has 0 bridgehead atoms. The largest absolute Gasteiger partial charge is 0.367 e. The first-order valence-electron chi connectivity index (χ1n) is 6.38. The Hall–Kier alpha value is -1.85. The van der Waals surface area contributed by atoms with Gasteiger partial charge in [-0.1, -0.05) is 23.7 Å². The molecule has 1 N–H and O–H groups in total. The second-order valence-corrected chi connectivity index (χ2v) is 5.97. The molecule has 3 aromatic rings. The van der Waals surface area contributed by atoms with E-state index in [9.17, 15) is 4.39 Å². The smallest absolute Gasteiger partial charge is 0.147 e. The number of benzene rings is 1. The van der Waals surface area contributed by atoms with Gasteiger partial charge in [-0.2, -0.15) is 0 Å². The average Bonchev–Trinajstić information content (AvgIpc) is 3.11. The van der Waals surface area contributed by atoms with Crippen LogP contribution in [0.2, 0.25) is 5.02 Å². The van der Waals surface area contributed by atoms with Crippen molar-refractivity contribution in [3.05, 3.63) is 69.6 Å². The number of anilines is 1. The van der Waals surface area contributed by atoms with Crippen LogP contribution in [-0.2, 0) is 7.05 Å². The minimum atomic E-state index is -0.377. The zero-order valence-corrected chi connectivity index (χ0v) is 12.8. The van der Waals surface area contributed by atoms with Gasteiger partial charge < -0.3 is 9.88 Å². The number of aromatic nitrogens is 2. The second kappa shape index (κ2) is 5.87. The van der Waals surface area contributed by atoms with Gasteiger partial charge in [0.1, 0.15) is 17.7 Å². The minimum absolute atomic E-state index is 0.251. The Morgan fingerprint density at radius 3 is 2.81 bits per heavy atom. The first-order chi connectivity index (χ1) is 10.2. The van der Waals surface area contributed by atoms with Crippen molar-refractivity contribution < 1.29 is 4.39 Å². The molecule has 108 valence electrons. The Morgan fingerprint density at radius 1 is 1.33 bits per heavy atom. The lowest BCUT2D eigenvalue weighted by Gasteiger charge is -2.19. The van der Waals surface area contributed by atoms with Crippen molar-refractivity contribution in [3.63, 3.8) is 0 Å². The molecule has 0 amide bonds. The summed E-state index contributed by atoms with van der Waals surface area (Å²) in [7, 11) is 1.91. The summed E-state index contributed by atoms with van der Waals surface area (Å²) in [4.78, 5) is 5.41. The van der Waals surface area contributed by atoms with Crippen LogP contribution in [0.15, 0.2) is 48.1 Å². The second-order valence-electron chi connectivity index (χ2n) is 4.59. The van der Waals surface area contributed by atoms with Crippen LogP contribution >= 0.6 is 22.9 Å². The number of hydrogen-bond acceptors (Lipinski definition) is 3. The van der Waals surface area contributed by atoms with Gasteiger partial charge in [-0.15, -0.1) is 11.3 Å². The maximum atomic E-state index is 14.0. The fraction of sp³-hybridized carbons (Fsp3) is 0.133. The van der Waals surface area contributed by atoms with E-state index in [1.54, 1.807) is 29.7 Å². The third kappa shape index (κ3) is 2.80. The number of rotatable bonds is 4. The first kappa shape index (κ1) is 14.1. The molecule has 3 nitrogen and oxygen atoms in total. The van der Waals surface area contributed by atoms with Crippen LogP contribution < -0.4 is 5.32 Å². The van der Waals surface area contributed by atoms with E-state index in [-0.39, 0.29) is 11.9 Å². The Kier molecular flexibility index (Phi) is 3.94. The molecular formula is C15H13ClFN3S. The predicted molar refractivity (Wildman–Crippen MR) is 84.4 cm³/mol. The van der Waals surface area contributed by atoms with E-state index >= 15 is 0 Å². The van der Waals surface area contributed by atoms with E-state index in [1.165, 1.54) is 6.07 Å². The number of aryl methyl sites for hydroxylation is 1. The topological polar surface area (TPSA) is 29.9 Å². The van der Waals surface area contributed by atoms with Crippen molar-refractivity contribution in [1.82, 2.24) is 9.55 Å². The zero-order chi connectivity index (χ0) is 14.8. The molecule has 0 aliphatic rings. The highest BCUT2D eigenvalue weighted by molar-refractivity contribution is 7.10. The van der Waals surface area contributed by atoms with Gasteiger partial charge in [0, 0.05) is 24.3 Å². The van der Waals surface area contributed by atoms with Crippen molar-refractivity contribution in [2.24, 2.45) is 7.05 Å². The number of nitrogens with one attached hydrogen (secondary N) is 1. The minimum Gasteiger partial charge on any atom is -0.367 e. The molecular weight excluding hydrogens is 309 g/mol. The van der Waals surface area contributed by atoms with E-state index in [2.05, 4.69) is 10.3 Å². The van der Waals surface area contributed by atoms with Crippen LogP contribution in [0.1, 0.15) is 16.7 Å². The van der Waals surface area contributed by atoms with E-state index in [4.69, 9.17) is 11.6 Å². The summed E-state index contributed by atoms with van der Waals surface area (Å²) < 4.78 is 15.9. The van der Waals surface area contributed by atoms with Gasteiger partial charge in [0.2, 0.25) is 0 Å². The zero-order valence-electron chi connectivity index (χ0n) is 11.3. The molecule has 1 atom stereocenters. The van der Waals surface area contributed by atoms with E-state index in [1.807, 2.05) is 35.3 Å². The van der Waals surface area contributed by atoms with Crippen molar-refractivity contribution in [1.29, 1.82) is 0 Å². The summed E-state index contributed by atoms with van der Waals surface area (Å²) in [6.45, 7) is 0. The summed E-state index contributed by atoms with van der Waals surface area (Å²) >= 11 is 7.70. The van der Waals surface area contributed by atoms with Crippen molar-refractivity contribution in [2.75, 3.05) is 5.32 Å². The molecule has 0 aliphatic heterocycles. The first-order valence-corrected chi connectivity index (χ1v) is 7.63. The van der Waals surface area contributed by atoms with Crippen LogP contribution in [0.3, 0.4) is 0 Å². The van der Waals surface area contributed by atoms with Gasteiger partial charge in [-0.25, -0.2) is 9.37 Å². The maximum Gasteiger partial charge on any atom is 0.147 e. The molecule has 3 rings (SSSR count). The number of nitrogens with zero attached hydrogens (tertiary/aromatic N) is 2.